The normalized spacial score (nSPS) is 12.0. The van der Waals surface area contributed by atoms with Crippen LogP contribution in [0.3, 0.4) is 0 Å². The first-order valence-electron chi connectivity index (χ1n) is 14.0. The molecule has 0 aliphatic rings. The number of halogens is 2. The number of nitrogens with zero attached hydrogens (tertiary/aromatic N) is 4. The highest BCUT2D eigenvalue weighted by molar-refractivity contribution is 7.27. The number of benzene rings is 3. The molecule has 0 bridgehead atoms. The van der Waals surface area contributed by atoms with Gasteiger partial charge in [-0.25, -0.2) is 19.1 Å². The Bertz CT molecular complexity index is 2190. The lowest BCUT2D eigenvalue weighted by Gasteiger charge is -2.16. The lowest BCUT2D eigenvalue weighted by atomic mass is 10.1. The first-order valence-corrected chi connectivity index (χ1v) is 16.4. The number of fused-ring (bicyclic) bond motifs is 6. The van der Waals surface area contributed by atoms with E-state index in [1.165, 1.54) is 22.7 Å². The predicted molar refractivity (Wildman–Crippen MR) is 187 cm³/mol. The highest BCUT2D eigenvalue weighted by atomic mass is 35.5. The topological polar surface area (TPSA) is 93.8 Å². The summed E-state index contributed by atoms with van der Waals surface area (Å²) in [5.41, 5.74) is 2.24. The molecule has 12 heteroatoms. The number of nitrogens with one attached hydrogen (secondary N) is 2. The van der Waals surface area contributed by atoms with Crippen molar-refractivity contribution in [1.82, 2.24) is 19.1 Å². The van der Waals surface area contributed by atoms with Crippen molar-refractivity contribution in [2.75, 3.05) is 10.6 Å². The Labute approximate surface area is 269 Å². The van der Waals surface area contributed by atoms with Gasteiger partial charge in [0.05, 0.1) is 22.4 Å². The van der Waals surface area contributed by atoms with Crippen molar-refractivity contribution < 1.29 is 0 Å². The van der Waals surface area contributed by atoms with Crippen LogP contribution in [0.25, 0.3) is 52.0 Å². The summed E-state index contributed by atoms with van der Waals surface area (Å²) in [6, 6.07) is 18.4. The third-order valence-electron chi connectivity index (χ3n) is 7.11. The molecular weight excluding hydrogens is 635 g/mol. The van der Waals surface area contributed by atoms with Gasteiger partial charge in [-0.3, -0.25) is 9.59 Å². The number of hydrogen-bond donors (Lipinski definition) is 2. The van der Waals surface area contributed by atoms with E-state index in [-0.39, 0.29) is 23.2 Å². The van der Waals surface area contributed by atoms with Crippen LogP contribution in [0.4, 0.5) is 11.9 Å². The first-order chi connectivity index (χ1) is 21.1. The average Bonchev–Trinajstić information content (AvgIpc) is 3.51. The minimum absolute atomic E-state index is 0.0363. The molecule has 4 aromatic heterocycles. The second-order valence-corrected chi connectivity index (χ2v) is 14.1. The maximum atomic E-state index is 14.0. The van der Waals surface area contributed by atoms with Gasteiger partial charge in [-0.05, 0) is 88.4 Å². The molecule has 0 aliphatic heterocycles. The van der Waals surface area contributed by atoms with Gasteiger partial charge in [-0.2, -0.15) is 0 Å². The molecule has 0 saturated carbocycles. The van der Waals surface area contributed by atoms with Gasteiger partial charge in [-0.1, -0.05) is 23.2 Å². The number of thiophene rings is 2. The summed E-state index contributed by atoms with van der Waals surface area (Å²) in [4.78, 5) is 38.0. The molecule has 0 saturated heterocycles. The summed E-state index contributed by atoms with van der Waals surface area (Å²) in [7, 11) is 0. The zero-order valence-electron chi connectivity index (χ0n) is 24.1. The second-order valence-electron chi connectivity index (χ2n) is 11.1. The average molecular weight is 662 g/mol. The minimum atomic E-state index is -0.165. The lowest BCUT2D eigenvalue weighted by Crippen LogP contribution is -2.25. The fraction of sp³-hybridized carbons (Fsp3) is 0.188. The molecule has 0 atom stereocenters. The van der Waals surface area contributed by atoms with E-state index in [1.807, 2.05) is 64.1 Å². The molecule has 4 heterocycles. The van der Waals surface area contributed by atoms with Crippen molar-refractivity contribution in [3.05, 3.63) is 91.4 Å². The molecule has 44 heavy (non-hydrogen) atoms. The van der Waals surface area contributed by atoms with Crippen molar-refractivity contribution in [3.63, 3.8) is 0 Å². The smallest absolute Gasteiger partial charge is 0.277 e. The maximum absolute atomic E-state index is 14.0. The quantitative estimate of drug-likeness (QED) is 0.186. The van der Waals surface area contributed by atoms with Crippen LogP contribution in [0.2, 0.25) is 10.0 Å². The van der Waals surface area contributed by atoms with E-state index < -0.39 is 0 Å². The molecule has 0 amide bonds. The van der Waals surface area contributed by atoms with Crippen molar-refractivity contribution in [3.8, 4) is 11.4 Å². The molecule has 8 nitrogen and oxygen atoms in total. The first kappa shape index (κ1) is 28.8. The van der Waals surface area contributed by atoms with E-state index in [0.717, 1.165) is 20.2 Å². The molecule has 0 radical (unpaired) electrons. The van der Waals surface area contributed by atoms with Gasteiger partial charge in [-0.15, -0.1) is 22.7 Å². The molecule has 7 aromatic rings. The van der Waals surface area contributed by atoms with Crippen LogP contribution in [-0.2, 0) is 0 Å². The molecule has 3 aromatic carbocycles. The number of rotatable bonds is 6. The summed E-state index contributed by atoms with van der Waals surface area (Å²) in [6.07, 6.45) is 0. The monoisotopic (exact) mass is 660 g/mol. The SMILES string of the molecule is CC(C)Nc1nc2c(sc3cc4sc5c(=O)n(-c6ccc(Cl)cc6)c(NC(C)C)nc5c4cc32)c(=O)n1-c1ccc(Cl)cc1. The van der Waals surface area contributed by atoms with Gasteiger partial charge < -0.3 is 10.6 Å². The van der Waals surface area contributed by atoms with Gasteiger partial charge in [0.2, 0.25) is 11.9 Å². The van der Waals surface area contributed by atoms with Crippen molar-refractivity contribution in [2.45, 2.75) is 39.8 Å². The Balaban J connectivity index is 1.51. The van der Waals surface area contributed by atoms with E-state index in [2.05, 4.69) is 10.6 Å². The van der Waals surface area contributed by atoms with Crippen LogP contribution in [0.5, 0.6) is 0 Å². The van der Waals surface area contributed by atoms with Crippen LogP contribution >= 0.6 is 45.9 Å². The Morgan fingerprint density at radius 3 is 1.39 bits per heavy atom. The molecule has 0 aliphatic carbocycles. The third kappa shape index (κ3) is 4.82. The lowest BCUT2D eigenvalue weighted by molar-refractivity contribution is 0.846. The van der Waals surface area contributed by atoms with E-state index in [0.29, 0.717) is 53.7 Å². The number of hydrogen-bond acceptors (Lipinski definition) is 8. The summed E-state index contributed by atoms with van der Waals surface area (Å²) in [5, 5.41) is 9.55. The Morgan fingerprint density at radius 1 is 0.636 bits per heavy atom. The zero-order valence-corrected chi connectivity index (χ0v) is 27.3. The number of anilines is 2. The molecule has 222 valence electrons. The molecule has 0 spiro atoms. The van der Waals surface area contributed by atoms with Gasteiger partial charge in [0, 0.05) is 42.3 Å². The molecule has 7 rings (SSSR count). The Hall–Kier alpha value is -3.96. The summed E-state index contributed by atoms with van der Waals surface area (Å²) < 4.78 is 6.10. The fourth-order valence-corrected chi connectivity index (χ4v) is 7.76. The minimum Gasteiger partial charge on any atom is -0.353 e. The Morgan fingerprint density at radius 2 is 1.02 bits per heavy atom. The highest BCUT2D eigenvalue weighted by Gasteiger charge is 2.22. The summed E-state index contributed by atoms with van der Waals surface area (Å²) >= 11 is 15.1. The van der Waals surface area contributed by atoms with Crippen LogP contribution < -0.4 is 21.8 Å². The maximum Gasteiger partial charge on any atom is 0.277 e. The standard InChI is InChI=1S/C32H26Cl2N6O2S2/c1-15(2)35-31-37-25-21-13-22-24(14-23(21)43-27(25)29(41)39(31)19-9-5-17(33)6-10-19)44-28-26(22)38-32(36-16(3)4)40(30(28)42)20-11-7-18(34)8-12-20/h5-16H,1-4H3,(H,35,37)(H,36,38). The molecule has 0 unspecified atom stereocenters. The van der Waals surface area contributed by atoms with E-state index in [9.17, 15) is 9.59 Å². The zero-order chi connectivity index (χ0) is 30.9. The van der Waals surface area contributed by atoms with Gasteiger partial charge in [0.25, 0.3) is 11.1 Å². The van der Waals surface area contributed by atoms with Crippen molar-refractivity contribution in [2.24, 2.45) is 0 Å². The Kier molecular flexibility index (Phi) is 7.12. The highest BCUT2D eigenvalue weighted by Crippen LogP contribution is 2.40. The predicted octanol–water partition coefficient (Wildman–Crippen LogP) is 8.46. The third-order valence-corrected chi connectivity index (χ3v) is 9.87. The van der Waals surface area contributed by atoms with E-state index in [1.54, 1.807) is 33.4 Å². The molecule has 2 N–H and O–H groups in total. The van der Waals surface area contributed by atoms with E-state index in [4.69, 9.17) is 33.2 Å². The summed E-state index contributed by atoms with van der Waals surface area (Å²) in [5.74, 6) is 0.893. The second kappa shape index (κ2) is 10.9. The van der Waals surface area contributed by atoms with Crippen LogP contribution in [0.1, 0.15) is 27.7 Å². The van der Waals surface area contributed by atoms with Crippen molar-refractivity contribution in [1.29, 1.82) is 0 Å². The molecular formula is C32H26Cl2N6O2S2. The van der Waals surface area contributed by atoms with Crippen molar-refractivity contribution >= 4 is 98.4 Å². The fourth-order valence-electron chi connectivity index (χ4n) is 5.25. The molecule has 0 fully saturated rings. The largest absolute Gasteiger partial charge is 0.353 e. The van der Waals surface area contributed by atoms with E-state index >= 15 is 0 Å². The van der Waals surface area contributed by atoms with Gasteiger partial charge in [0.1, 0.15) is 9.40 Å². The summed E-state index contributed by atoms with van der Waals surface area (Å²) in [6.45, 7) is 8.00. The number of aromatic nitrogens is 4. The van der Waals surface area contributed by atoms with Gasteiger partial charge >= 0.3 is 0 Å². The van der Waals surface area contributed by atoms with Crippen LogP contribution in [0, 0.1) is 0 Å². The van der Waals surface area contributed by atoms with Crippen LogP contribution in [-0.4, -0.2) is 31.2 Å². The van der Waals surface area contributed by atoms with Crippen LogP contribution in [0.15, 0.2) is 70.3 Å². The van der Waals surface area contributed by atoms with Gasteiger partial charge in [0.15, 0.2) is 0 Å².